The van der Waals surface area contributed by atoms with Gasteiger partial charge in [-0.2, -0.15) is 0 Å². The average Bonchev–Trinajstić information content (AvgIpc) is 2.60. The molecule has 5 heteroatoms. The highest BCUT2D eigenvalue weighted by atomic mass is 16.1. The normalized spacial score (nSPS) is 12.0. The van der Waals surface area contributed by atoms with Crippen LogP contribution in [0.15, 0.2) is 36.7 Å². The lowest BCUT2D eigenvalue weighted by Crippen LogP contribution is -2.31. The molecule has 5 nitrogen and oxygen atoms in total. The Balaban J connectivity index is 2.00. The van der Waals surface area contributed by atoms with E-state index in [0.717, 1.165) is 30.4 Å². The van der Waals surface area contributed by atoms with Gasteiger partial charge in [0.2, 0.25) is 11.9 Å². The number of anilines is 1. The quantitative estimate of drug-likeness (QED) is 0.767. The third kappa shape index (κ3) is 5.85. The van der Waals surface area contributed by atoms with Crippen molar-refractivity contribution in [2.24, 2.45) is 0 Å². The summed E-state index contributed by atoms with van der Waals surface area (Å²) in [4.78, 5) is 19.9. The molecule has 0 spiro atoms. The summed E-state index contributed by atoms with van der Waals surface area (Å²) >= 11 is 0. The zero-order valence-electron chi connectivity index (χ0n) is 15.5. The minimum atomic E-state index is 0.00310. The van der Waals surface area contributed by atoms with Crippen LogP contribution in [0.25, 0.3) is 11.1 Å². The molecule has 0 aliphatic heterocycles. The molecule has 0 saturated carbocycles. The minimum absolute atomic E-state index is 0.00310. The van der Waals surface area contributed by atoms with E-state index in [-0.39, 0.29) is 11.9 Å². The third-order valence-electron chi connectivity index (χ3n) is 4.25. The maximum Gasteiger partial charge on any atom is 0.222 e. The second-order valence-electron chi connectivity index (χ2n) is 6.46. The molecule has 1 unspecified atom stereocenters. The number of amides is 1. The van der Waals surface area contributed by atoms with Crippen LogP contribution in [0.4, 0.5) is 5.95 Å². The maximum absolute atomic E-state index is 11.1. The maximum atomic E-state index is 11.1. The standard InChI is InChI=1S/C20H28N4O/c1-5-19(6-2)24-20-21-12-18(13-22-20)17-9-7-16(8-10-17)11-14(3)23-15(4)25/h7-10,12-14,19H,5-6,11H2,1-4H3,(H,23,25)(H,21,22,24). The van der Waals surface area contributed by atoms with Crippen LogP contribution in [0, 0.1) is 0 Å². The summed E-state index contributed by atoms with van der Waals surface area (Å²) in [6.45, 7) is 7.86. The van der Waals surface area contributed by atoms with E-state index in [0.29, 0.717) is 12.0 Å². The Hall–Kier alpha value is -2.43. The molecule has 2 aromatic rings. The zero-order chi connectivity index (χ0) is 18.2. The Morgan fingerprint density at radius 1 is 1.04 bits per heavy atom. The molecule has 2 N–H and O–H groups in total. The summed E-state index contributed by atoms with van der Waals surface area (Å²) in [5, 5.41) is 6.25. The van der Waals surface area contributed by atoms with E-state index >= 15 is 0 Å². The molecule has 1 atom stereocenters. The third-order valence-corrected chi connectivity index (χ3v) is 4.25. The molecule has 0 fully saturated rings. The molecule has 2 rings (SSSR count). The van der Waals surface area contributed by atoms with Crippen molar-refractivity contribution < 1.29 is 4.79 Å². The van der Waals surface area contributed by atoms with E-state index in [1.54, 1.807) is 6.92 Å². The van der Waals surface area contributed by atoms with Crippen molar-refractivity contribution in [3.8, 4) is 11.1 Å². The van der Waals surface area contributed by atoms with E-state index in [1.807, 2.05) is 19.3 Å². The van der Waals surface area contributed by atoms with Gasteiger partial charge in [-0.25, -0.2) is 9.97 Å². The van der Waals surface area contributed by atoms with Crippen LogP contribution in [0.5, 0.6) is 0 Å². The number of aromatic nitrogens is 2. The monoisotopic (exact) mass is 340 g/mol. The first-order chi connectivity index (χ1) is 12.0. The van der Waals surface area contributed by atoms with Crippen molar-refractivity contribution in [3.63, 3.8) is 0 Å². The van der Waals surface area contributed by atoms with Crippen molar-refractivity contribution in [1.82, 2.24) is 15.3 Å². The van der Waals surface area contributed by atoms with Crippen LogP contribution in [0.3, 0.4) is 0 Å². The molecule has 0 aliphatic rings. The van der Waals surface area contributed by atoms with Crippen molar-refractivity contribution in [1.29, 1.82) is 0 Å². The number of nitrogens with zero attached hydrogens (tertiary/aromatic N) is 2. The summed E-state index contributed by atoms with van der Waals surface area (Å²) in [6, 6.07) is 8.86. The van der Waals surface area contributed by atoms with E-state index in [4.69, 9.17) is 0 Å². The highest BCUT2D eigenvalue weighted by molar-refractivity contribution is 5.73. The fourth-order valence-electron chi connectivity index (χ4n) is 2.81. The molecular weight excluding hydrogens is 312 g/mol. The predicted molar refractivity (Wildman–Crippen MR) is 102 cm³/mol. The number of hydrogen-bond acceptors (Lipinski definition) is 4. The Labute approximate surface area is 150 Å². The molecule has 1 aromatic heterocycles. The highest BCUT2D eigenvalue weighted by Crippen LogP contribution is 2.19. The summed E-state index contributed by atoms with van der Waals surface area (Å²) in [5.41, 5.74) is 3.28. The molecular formula is C20H28N4O. The number of benzene rings is 1. The van der Waals surface area contributed by atoms with Gasteiger partial charge in [0.25, 0.3) is 0 Å². The number of hydrogen-bond donors (Lipinski definition) is 2. The Morgan fingerprint density at radius 2 is 1.64 bits per heavy atom. The molecule has 0 aliphatic carbocycles. The van der Waals surface area contributed by atoms with Gasteiger partial charge >= 0.3 is 0 Å². The minimum Gasteiger partial charge on any atom is -0.354 e. The van der Waals surface area contributed by atoms with Crippen molar-refractivity contribution in [2.45, 2.75) is 59.0 Å². The van der Waals surface area contributed by atoms with Gasteiger partial charge in [0, 0.05) is 37.0 Å². The van der Waals surface area contributed by atoms with Crippen LogP contribution in [-0.2, 0) is 11.2 Å². The number of rotatable bonds is 8. The van der Waals surface area contributed by atoms with Gasteiger partial charge in [0.15, 0.2) is 0 Å². The number of carbonyl (C=O) groups is 1. The van der Waals surface area contributed by atoms with Gasteiger partial charge in [0.05, 0.1) is 0 Å². The lowest BCUT2D eigenvalue weighted by molar-refractivity contribution is -0.119. The van der Waals surface area contributed by atoms with Gasteiger partial charge in [-0.3, -0.25) is 4.79 Å². The summed E-state index contributed by atoms with van der Waals surface area (Å²) < 4.78 is 0. The SMILES string of the molecule is CCC(CC)Nc1ncc(-c2ccc(CC(C)NC(C)=O)cc2)cn1. The van der Waals surface area contributed by atoms with Gasteiger partial charge in [-0.1, -0.05) is 38.1 Å². The molecule has 0 bridgehead atoms. The molecule has 134 valence electrons. The Bertz CT molecular complexity index is 663. The fraction of sp³-hybridized carbons (Fsp3) is 0.450. The first kappa shape index (κ1) is 18.9. The van der Waals surface area contributed by atoms with E-state index < -0.39 is 0 Å². The van der Waals surface area contributed by atoms with Crippen LogP contribution in [0.2, 0.25) is 0 Å². The molecule has 1 aromatic carbocycles. The molecule has 0 radical (unpaired) electrons. The highest BCUT2D eigenvalue weighted by Gasteiger charge is 2.07. The first-order valence-corrected chi connectivity index (χ1v) is 8.96. The van der Waals surface area contributed by atoms with E-state index in [9.17, 15) is 4.79 Å². The van der Waals surface area contributed by atoms with Crippen molar-refractivity contribution >= 4 is 11.9 Å². The topological polar surface area (TPSA) is 66.9 Å². The summed E-state index contributed by atoms with van der Waals surface area (Å²) in [7, 11) is 0. The fourth-order valence-corrected chi connectivity index (χ4v) is 2.81. The van der Waals surface area contributed by atoms with Gasteiger partial charge in [-0.05, 0) is 37.3 Å². The van der Waals surface area contributed by atoms with Gasteiger partial charge < -0.3 is 10.6 Å². The smallest absolute Gasteiger partial charge is 0.222 e. The number of nitrogens with one attached hydrogen (secondary N) is 2. The lowest BCUT2D eigenvalue weighted by atomic mass is 10.0. The largest absolute Gasteiger partial charge is 0.354 e. The van der Waals surface area contributed by atoms with Gasteiger partial charge in [0.1, 0.15) is 0 Å². The van der Waals surface area contributed by atoms with Crippen LogP contribution >= 0.6 is 0 Å². The van der Waals surface area contributed by atoms with Gasteiger partial charge in [-0.15, -0.1) is 0 Å². The van der Waals surface area contributed by atoms with Crippen molar-refractivity contribution in [3.05, 3.63) is 42.2 Å². The summed E-state index contributed by atoms with van der Waals surface area (Å²) in [5.74, 6) is 0.682. The first-order valence-electron chi connectivity index (χ1n) is 8.96. The van der Waals surface area contributed by atoms with Crippen molar-refractivity contribution in [2.75, 3.05) is 5.32 Å². The average molecular weight is 340 g/mol. The second kappa shape index (κ2) is 9.16. The lowest BCUT2D eigenvalue weighted by Gasteiger charge is -2.14. The number of carbonyl (C=O) groups excluding carboxylic acids is 1. The molecule has 1 amide bonds. The Morgan fingerprint density at radius 3 is 2.16 bits per heavy atom. The van der Waals surface area contributed by atoms with Crippen LogP contribution < -0.4 is 10.6 Å². The zero-order valence-corrected chi connectivity index (χ0v) is 15.5. The van der Waals surface area contributed by atoms with Crippen LogP contribution in [0.1, 0.15) is 46.1 Å². The van der Waals surface area contributed by atoms with E-state index in [2.05, 4.69) is 58.7 Å². The Kier molecular flexibility index (Phi) is 6.92. The molecule has 1 heterocycles. The predicted octanol–water partition coefficient (Wildman–Crippen LogP) is 3.81. The summed E-state index contributed by atoms with van der Waals surface area (Å²) in [6.07, 6.45) is 6.63. The molecule has 25 heavy (non-hydrogen) atoms. The molecule has 0 saturated heterocycles. The van der Waals surface area contributed by atoms with E-state index in [1.165, 1.54) is 5.56 Å². The van der Waals surface area contributed by atoms with Crippen LogP contribution in [-0.4, -0.2) is 28.0 Å². The second-order valence-corrected chi connectivity index (χ2v) is 6.46.